The van der Waals surface area contributed by atoms with Crippen molar-refractivity contribution in [2.45, 2.75) is 19.9 Å². The van der Waals surface area contributed by atoms with Gasteiger partial charge in [-0.2, -0.15) is 0 Å². The molecule has 2 aromatic rings. The van der Waals surface area contributed by atoms with Crippen LogP contribution in [0.1, 0.15) is 25.5 Å². The number of likely N-dealkylation sites (N-methyl/N-ethyl adjacent to an activating group) is 1. The van der Waals surface area contributed by atoms with Crippen LogP contribution >= 0.6 is 11.6 Å². The van der Waals surface area contributed by atoms with Crippen molar-refractivity contribution in [3.63, 3.8) is 0 Å². The van der Waals surface area contributed by atoms with Crippen LogP contribution in [0.2, 0.25) is 5.02 Å². The highest BCUT2D eigenvalue weighted by Gasteiger charge is 2.21. The van der Waals surface area contributed by atoms with E-state index in [0.29, 0.717) is 28.8 Å². The Hall–Kier alpha value is -2.44. The Kier molecular flexibility index (Phi) is 6.42. The maximum absolute atomic E-state index is 12.4. The molecule has 144 valence electrons. The molecule has 1 heterocycles. The minimum absolute atomic E-state index is 0.00351. The highest BCUT2D eigenvalue weighted by Crippen LogP contribution is 2.34. The first-order chi connectivity index (χ1) is 13.1. The highest BCUT2D eigenvalue weighted by atomic mass is 35.5. The zero-order valence-electron chi connectivity index (χ0n) is 15.5. The second kappa shape index (κ2) is 8.97. The van der Waals surface area contributed by atoms with Crippen LogP contribution < -0.4 is 20.1 Å². The molecule has 1 aliphatic rings. The molecule has 0 fully saturated rings. The number of hydrogen-bond acceptors (Lipinski definition) is 4. The number of carbonyl (C=O) groups excluding carboxylic acids is 1. The molecule has 1 atom stereocenters. The van der Waals surface area contributed by atoms with E-state index in [4.69, 9.17) is 21.1 Å². The van der Waals surface area contributed by atoms with Gasteiger partial charge >= 0.3 is 6.03 Å². The second-order valence-corrected chi connectivity index (χ2v) is 6.57. The SMILES string of the molecule is CCN(CC)C(CNC(=O)Nc1ccc2c(c1)OCO2)c1ccccc1Cl. The van der Waals surface area contributed by atoms with Crippen molar-refractivity contribution in [3.05, 3.63) is 53.1 Å². The van der Waals surface area contributed by atoms with Gasteiger partial charge in [0.2, 0.25) is 6.79 Å². The summed E-state index contributed by atoms with van der Waals surface area (Å²) in [6.07, 6.45) is 0. The van der Waals surface area contributed by atoms with Crippen LogP contribution in [0.4, 0.5) is 10.5 Å². The summed E-state index contributed by atoms with van der Waals surface area (Å²) < 4.78 is 10.6. The zero-order valence-corrected chi connectivity index (χ0v) is 16.3. The van der Waals surface area contributed by atoms with Crippen molar-refractivity contribution in [2.24, 2.45) is 0 Å². The molecule has 0 radical (unpaired) electrons. The van der Waals surface area contributed by atoms with Crippen molar-refractivity contribution in [1.82, 2.24) is 10.2 Å². The number of anilines is 1. The summed E-state index contributed by atoms with van der Waals surface area (Å²) in [5, 5.41) is 6.48. The van der Waals surface area contributed by atoms with Crippen LogP contribution in [0.5, 0.6) is 11.5 Å². The van der Waals surface area contributed by atoms with E-state index in [-0.39, 0.29) is 18.9 Å². The summed E-state index contributed by atoms with van der Waals surface area (Å²) in [6, 6.07) is 12.8. The molecular weight excluding hydrogens is 366 g/mol. The summed E-state index contributed by atoms with van der Waals surface area (Å²) in [6.45, 7) is 6.56. The van der Waals surface area contributed by atoms with Gasteiger partial charge in [0.15, 0.2) is 11.5 Å². The van der Waals surface area contributed by atoms with E-state index in [1.165, 1.54) is 0 Å². The number of benzene rings is 2. The lowest BCUT2D eigenvalue weighted by molar-refractivity contribution is 0.174. The number of nitrogens with zero attached hydrogens (tertiary/aromatic N) is 1. The third kappa shape index (κ3) is 4.64. The average molecular weight is 390 g/mol. The van der Waals surface area contributed by atoms with Crippen LogP contribution in [0.15, 0.2) is 42.5 Å². The lowest BCUT2D eigenvalue weighted by Crippen LogP contribution is -2.39. The molecule has 2 amide bonds. The van der Waals surface area contributed by atoms with Gasteiger partial charge in [0, 0.05) is 23.3 Å². The van der Waals surface area contributed by atoms with Gasteiger partial charge in [-0.05, 0) is 36.9 Å². The zero-order chi connectivity index (χ0) is 19.2. The smallest absolute Gasteiger partial charge is 0.319 e. The topological polar surface area (TPSA) is 62.8 Å². The van der Waals surface area contributed by atoms with Crippen LogP contribution in [0, 0.1) is 0 Å². The van der Waals surface area contributed by atoms with Gasteiger partial charge in [-0.1, -0.05) is 43.6 Å². The molecule has 0 aliphatic carbocycles. The van der Waals surface area contributed by atoms with E-state index in [9.17, 15) is 4.79 Å². The minimum Gasteiger partial charge on any atom is -0.454 e. The number of hydrogen-bond donors (Lipinski definition) is 2. The van der Waals surface area contributed by atoms with Gasteiger partial charge in [-0.3, -0.25) is 4.90 Å². The third-order valence-electron chi connectivity index (χ3n) is 4.60. The summed E-state index contributed by atoms with van der Waals surface area (Å²) in [7, 11) is 0. The van der Waals surface area contributed by atoms with E-state index < -0.39 is 0 Å². The third-order valence-corrected chi connectivity index (χ3v) is 4.95. The fourth-order valence-electron chi connectivity index (χ4n) is 3.18. The molecule has 0 saturated heterocycles. The molecule has 0 aromatic heterocycles. The summed E-state index contributed by atoms with van der Waals surface area (Å²) in [5.74, 6) is 1.31. The maximum Gasteiger partial charge on any atom is 0.319 e. The Morgan fingerprint density at radius 3 is 2.63 bits per heavy atom. The fraction of sp³-hybridized carbons (Fsp3) is 0.350. The number of amides is 2. The minimum atomic E-state index is -0.280. The number of nitrogens with one attached hydrogen (secondary N) is 2. The Labute approximate surface area is 164 Å². The van der Waals surface area contributed by atoms with Crippen LogP contribution in [-0.4, -0.2) is 37.4 Å². The van der Waals surface area contributed by atoms with Crippen LogP contribution in [-0.2, 0) is 0 Å². The van der Waals surface area contributed by atoms with E-state index in [0.717, 1.165) is 18.7 Å². The Balaban J connectivity index is 1.66. The monoisotopic (exact) mass is 389 g/mol. The Morgan fingerprint density at radius 2 is 1.89 bits per heavy atom. The summed E-state index contributed by atoms with van der Waals surface area (Å²) in [5.41, 5.74) is 1.65. The van der Waals surface area contributed by atoms with Gasteiger partial charge in [-0.25, -0.2) is 4.79 Å². The fourth-order valence-corrected chi connectivity index (χ4v) is 3.45. The predicted molar refractivity (Wildman–Crippen MR) is 107 cm³/mol. The van der Waals surface area contributed by atoms with Crippen LogP contribution in [0.3, 0.4) is 0 Å². The molecule has 6 nitrogen and oxygen atoms in total. The predicted octanol–water partition coefficient (Wildman–Crippen LogP) is 4.27. The highest BCUT2D eigenvalue weighted by molar-refractivity contribution is 6.31. The van der Waals surface area contributed by atoms with Gasteiger partial charge in [-0.15, -0.1) is 0 Å². The summed E-state index contributed by atoms with van der Waals surface area (Å²) >= 11 is 6.40. The standard InChI is InChI=1S/C20H24ClN3O3/c1-3-24(4-2)17(15-7-5-6-8-16(15)21)12-22-20(25)23-14-9-10-18-19(11-14)27-13-26-18/h5-11,17H,3-4,12-13H2,1-2H3,(H2,22,23,25). The van der Waals surface area contributed by atoms with Gasteiger partial charge in [0.05, 0.1) is 6.04 Å². The summed E-state index contributed by atoms with van der Waals surface area (Å²) in [4.78, 5) is 14.7. The first-order valence-electron chi connectivity index (χ1n) is 9.05. The molecule has 0 spiro atoms. The quantitative estimate of drug-likeness (QED) is 0.742. The van der Waals surface area contributed by atoms with Crippen molar-refractivity contribution < 1.29 is 14.3 Å². The van der Waals surface area contributed by atoms with Gasteiger partial charge in [0.1, 0.15) is 0 Å². The van der Waals surface area contributed by atoms with Gasteiger partial charge < -0.3 is 20.1 Å². The van der Waals surface area contributed by atoms with Crippen molar-refractivity contribution in [3.8, 4) is 11.5 Å². The van der Waals surface area contributed by atoms with E-state index >= 15 is 0 Å². The van der Waals surface area contributed by atoms with Gasteiger partial charge in [0.25, 0.3) is 0 Å². The number of ether oxygens (including phenoxy) is 2. The molecule has 0 saturated carbocycles. The molecule has 1 aliphatic heterocycles. The normalized spacial score (nSPS) is 13.5. The lowest BCUT2D eigenvalue weighted by Gasteiger charge is -2.30. The first-order valence-corrected chi connectivity index (χ1v) is 9.43. The number of rotatable bonds is 7. The Bertz CT molecular complexity index is 796. The Morgan fingerprint density at radius 1 is 1.15 bits per heavy atom. The number of carbonyl (C=O) groups is 1. The average Bonchev–Trinajstić information content (AvgIpc) is 3.14. The lowest BCUT2D eigenvalue weighted by atomic mass is 10.0. The number of fused-ring (bicyclic) bond motifs is 1. The van der Waals surface area contributed by atoms with Crippen LogP contribution in [0.25, 0.3) is 0 Å². The first kappa shape index (κ1) is 19.3. The number of halogens is 1. The maximum atomic E-state index is 12.4. The van der Waals surface area contributed by atoms with Crippen molar-refractivity contribution >= 4 is 23.3 Å². The molecule has 0 bridgehead atoms. The molecular formula is C20H24ClN3O3. The van der Waals surface area contributed by atoms with E-state index in [1.807, 2.05) is 24.3 Å². The molecule has 3 rings (SSSR count). The molecule has 2 aromatic carbocycles. The van der Waals surface area contributed by atoms with Crippen molar-refractivity contribution in [2.75, 3.05) is 31.7 Å². The molecule has 7 heteroatoms. The van der Waals surface area contributed by atoms with E-state index in [1.54, 1.807) is 18.2 Å². The number of urea groups is 1. The largest absolute Gasteiger partial charge is 0.454 e. The molecule has 2 N–H and O–H groups in total. The second-order valence-electron chi connectivity index (χ2n) is 6.16. The molecule has 1 unspecified atom stereocenters. The van der Waals surface area contributed by atoms with Crippen molar-refractivity contribution in [1.29, 1.82) is 0 Å². The molecule has 27 heavy (non-hydrogen) atoms. The van der Waals surface area contributed by atoms with E-state index in [2.05, 4.69) is 29.4 Å².